The number of Topliss-reactive ketones (excluding diaryl/α,β-unsaturated/α-hetero) is 2. The lowest BCUT2D eigenvalue weighted by Crippen LogP contribution is -2.77. The third-order valence-electron chi connectivity index (χ3n) is 9.42. The van der Waals surface area contributed by atoms with E-state index in [9.17, 15) is 39.6 Å². The molecular formula is C32H36O16. The zero-order chi connectivity index (χ0) is 35.6. The largest absolute Gasteiger partial charge is 0.507 e. The van der Waals surface area contributed by atoms with Crippen molar-refractivity contribution in [2.75, 3.05) is 42.7 Å². The molecule has 1 heterocycles. The highest BCUT2D eigenvalue weighted by Crippen LogP contribution is 2.54. The number of phenolic OH excluding ortho intramolecular Hbond substituents is 2. The molecule has 3 aliphatic rings. The molecule has 0 amide bonds. The number of fused-ring (bicyclic) bond motifs is 3. The number of aliphatic hydroxyl groups excluding tert-OH is 1. The standard InChI is InChI=1S/C32H36O16/c1-11-17-13(9-14(18(11)29(39)45-7)48-30-25(44-6)24(43-5)23(42-4)12(2)47-30)21(34)19-20(22(17)35)28(38)32(46-8)16(33)10-15(41-3)26(36)31(32,40)27(19)37/h9-10,12,23-26,30,34-36,40H,1-8H3/t12?,23?,24?,25?,26-,30?,31+,32-/m1/s1. The third-order valence-corrected chi connectivity index (χ3v) is 9.42. The molecule has 2 aliphatic carbocycles. The summed E-state index contributed by atoms with van der Waals surface area (Å²) in [5.74, 6) is -7.92. The van der Waals surface area contributed by atoms with E-state index in [4.69, 9.17) is 37.9 Å². The number of aryl methyl sites for hydroxylation is 1. The first-order valence-corrected chi connectivity index (χ1v) is 14.6. The number of ether oxygens (including phenoxy) is 8. The highest BCUT2D eigenvalue weighted by molar-refractivity contribution is 6.36. The molecule has 1 aliphatic heterocycles. The lowest BCUT2D eigenvalue weighted by molar-refractivity contribution is -0.282. The van der Waals surface area contributed by atoms with Crippen molar-refractivity contribution in [3.8, 4) is 17.2 Å². The predicted molar refractivity (Wildman–Crippen MR) is 160 cm³/mol. The number of phenols is 2. The number of rotatable bonds is 8. The molecule has 2 aromatic carbocycles. The van der Waals surface area contributed by atoms with Crippen LogP contribution in [0.4, 0.5) is 0 Å². The van der Waals surface area contributed by atoms with Crippen LogP contribution in [-0.4, -0.2) is 134 Å². The summed E-state index contributed by atoms with van der Waals surface area (Å²) in [7, 11) is 7.29. The quantitative estimate of drug-likeness (QED) is 0.170. The van der Waals surface area contributed by atoms with E-state index in [0.29, 0.717) is 6.08 Å². The summed E-state index contributed by atoms with van der Waals surface area (Å²) in [6.07, 6.45) is -5.69. The van der Waals surface area contributed by atoms with Crippen LogP contribution >= 0.6 is 0 Å². The van der Waals surface area contributed by atoms with Crippen LogP contribution in [0.15, 0.2) is 17.9 Å². The molecule has 0 saturated carbocycles. The minimum Gasteiger partial charge on any atom is -0.507 e. The molecule has 4 N–H and O–H groups in total. The van der Waals surface area contributed by atoms with E-state index in [1.807, 2.05) is 0 Å². The maximum absolute atomic E-state index is 14.2. The fraction of sp³-hybridized carbons (Fsp3) is 0.500. The number of hydrogen-bond acceptors (Lipinski definition) is 16. The van der Waals surface area contributed by atoms with Gasteiger partial charge in [-0.3, -0.25) is 14.4 Å². The summed E-state index contributed by atoms with van der Waals surface area (Å²) in [6.45, 7) is 3.05. The van der Waals surface area contributed by atoms with Gasteiger partial charge in [0.05, 0.1) is 31.5 Å². The average molecular weight is 677 g/mol. The second kappa shape index (κ2) is 12.4. The van der Waals surface area contributed by atoms with Crippen molar-refractivity contribution in [2.24, 2.45) is 0 Å². The lowest BCUT2D eigenvalue weighted by Gasteiger charge is -2.49. The molecule has 0 aromatic heterocycles. The first-order chi connectivity index (χ1) is 22.7. The van der Waals surface area contributed by atoms with Gasteiger partial charge in [0.15, 0.2) is 6.10 Å². The minimum absolute atomic E-state index is 0.0787. The molecule has 16 nitrogen and oxygen atoms in total. The van der Waals surface area contributed by atoms with Crippen LogP contribution < -0.4 is 4.74 Å². The lowest BCUT2D eigenvalue weighted by atomic mass is 9.60. The molecule has 5 unspecified atom stereocenters. The Morgan fingerprint density at radius 3 is 2.04 bits per heavy atom. The van der Waals surface area contributed by atoms with Gasteiger partial charge >= 0.3 is 5.97 Å². The zero-order valence-corrected chi connectivity index (χ0v) is 27.3. The first kappa shape index (κ1) is 35.2. The SMILES string of the molecule is COC(=O)c1c(OC2OC(C)C(OC)C(OC)C2OC)cc2c(O)c3c(c(O)c2c1C)C(=O)[C@]1(OC)C(=O)C=C(OC)[C@@H](O)[C@]1(O)C3=O. The molecule has 5 rings (SSSR count). The number of aliphatic hydroxyl groups is 2. The Morgan fingerprint density at radius 1 is 0.896 bits per heavy atom. The fourth-order valence-electron chi connectivity index (χ4n) is 7.05. The summed E-state index contributed by atoms with van der Waals surface area (Å²) in [6, 6.07) is 1.10. The zero-order valence-electron chi connectivity index (χ0n) is 27.3. The molecule has 1 saturated heterocycles. The molecule has 48 heavy (non-hydrogen) atoms. The second-order valence-corrected chi connectivity index (χ2v) is 11.5. The van der Waals surface area contributed by atoms with E-state index in [1.165, 1.54) is 28.3 Å². The molecule has 16 heteroatoms. The van der Waals surface area contributed by atoms with Crippen molar-refractivity contribution < 1.29 is 77.5 Å². The number of esters is 1. The first-order valence-electron chi connectivity index (χ1n) is 14.6. The van der Waals surface area contributed by atoms with Crippen LogP contribution in [0.5, 0.6) is 17.2 Å². The van der Waals surface area contributed by atoms with Gasteiger partial charge in [-0.1, -0.05) is 0 Å². The summed E-state index contributed by atoms with van der Waals surface area (Å²) in [5.41, 5.74) is -8.59. The number of hydrogen-bond donors (Lipinski definition) is 4. The Labute approximate surface area is 273 Å². The summed E-state index contributed by atoms with van der Waals surface area (Å²) < 4.78 is 44.1. The Kier molecular flexibility index (Phi) is 9.07. The Balaban J connectivity index is 1.80. The number of carbonyl (C=O) groups is 4. The van der Waals surface area contributed by atoms with Gasteiger partial charge in [0.2, 0.25) is 34.8 Å². The number of carbonyl (C=O) groups excluding carboxylic acids is 4. The van der Waals surface area contributed by atoms with Crippen LogP contribution in [0.25, 0.3) is 10.8 Å². The summed E-state index contributed by atoms with van der Waals surface area (Å²) >= 11 is 0. The minimum atomic E-state index is -3.34. The van der Waals surface area contributed by atoms with Crippen molar-refractivity contribution in [2.45, 2.75) is 61.9 Å². The second-order valence-electron chi connectivity index (χ2n) is 11.5. The molecule has 260 valence electrons. The maximum atomic E-state index is 14.2. The number of ketones is 3. The summed E-state index contributed by atoms with van der Waals surface area (Å²) in [5, 5.41) is 45.5. The Hall–Kier alpha value is -4.16. The molecule has 0 spiro atoms. The van der Waals surface area contributed by atoms with E-state index < -0.39 is 99.7 Å². The average Bonchev–Trinajstić information content (AvgIpc) is 3.06. The van der Waals surface area contributed by atoms with Gasteiger partial charge in [-0.05, 0) is 25.5 Å². The van der Waals surface area contributed by atoms with Crippen molar-refractivity contribution in [3.05, 3.63) is 40.2 Å². The third kappa shape index (κ3) is 4.41. The van der Waals surface area contributed by atoms with Crippen molar-refractivity contribution in [3.63, 3.8) is 0 Å². The Morgan fingerprint density at radius 2 is 1.50 bits per heavy atom. The summed E-state index contributed by atoms with van der Waals surface area (Å²) in [4.78, 5) is 54.9. The van der Waals surface area contributed by atoms with Gasteiger partial charge in [0, 0.05) is 45.3 Å². The molecule has 1 fully saturated rings. The number of methoxy groups -OCH3 is 6. The molecular weight excluding hydrogens is 640 g/mol. The van der Waals surface area contributed by atoms with Crippen LogP contribution in [-0.2, 0) is 38.0 Å². The smallest absolute Gasteiger partial charge is 0.341 e. The van der Waals surface area contributed by atoms with Gasteiger partial charge in [-0.15, -0.1) is 0 Å². The van der Waals surface area contributed by atoms with Gasteiger partial charge in [0.25, 0.3) is 0 Å². The highest BCUT2D eigenvalue weighted by atomic mass is 16.7. The van der Waals surface area contributed by atoms with Gasteiger partial charge in [0.1, 0.15) is 46.9 Å². The normalized spacial score (nSPS) is 31.6. The van der Waals surface area contributed by atoms with Gasteiger partial charge in [-0.2, -0.15) is 0 Å². The molecule has 0 radical (unpaired) electrons. The van der Waals surface area contributed by atoms with E-state index in [2.05, 4.69) is 0 Å². The van der Waals surface area contributed by atoms with Crippen molar-refractivity contribution >= 4 is 34.1 Å². The van der Waals surface area contributed by atoms with Crippen LogP contribution in [0.1, 0.15) is 43.6 Å². The maximum Gasteiger partial charge on any atom is 0.341 e. The fourth-order valence-corrected chi connectivity index (χ4v) is 7.05. The van der Waals surface area contributed by atoms with Crippen molar-refractivity contribution in [1.29, 1.82) is 0 Å². The van der Waals surface area contributed by atoms with E-state index in [0.717, 1.165) is 27.4 Å². The highest BCUT2D eigenvalue weighted by Gasteiger charge is 2.75. The number of aromatic hydroxyl groups is 2. The number of benzene rings is 2. The topological polar surface area (TPSA) is 223 Å². The van der Waals surface area contributed by atoms with Gasteiger partial charge < -0.3 is 58.3 Å². The van der Waals surface area contributed by atoms with Crippen molar-refractivity contribution in [1.82, 2.24) is 0 Å². The molecule has 0 bridgehead atoms. The monoisotopic (exact) mass is 676 g/mol. The van der Waals surface area contributed by atoms with E-state index >= 15 is 0 Å². The Bertz CT molecular complexity index is 1750. The van der Waals surface area contributed by atoms with Crippen LogP contribution in [0, 0.1) is 6.92 Å². The van der Waals surface area contributed by atoms with E-state index in [-0.39, 0.29) is 27.6 Å². The van der Waals surface area contributed by atoms with Gasteiger partial charge in [-0.25, -0.2) is 4.79 Å². The van der Waals surface area contributed by atoms with Crippen LogP contribution in [0.2, 0.25) is 0 Å². The molecule has 8 atom stereocenters. The predicted octanol–water partition coefficient (Wildman–Crippen LogP) is 0.484. The molecule has 2 aromatic rings. The van der Waals surface area contributed by atoms with E-state index in [1.54, 1.807) is 6.92 Å². The van der Waals surface area contributed by atoms with Crippen LogP contribution in [0.3, 0.4) is 0 Å².